The van der Waals surface area contributed by atoms with Crippen LogP contribution in [0.5, 0.6) is 5.88 Å². The van der Waals surface area contributed by atoms with Crippen molar-refractivity contribution in [2.24, 2.45) is 0 Å². The zero-order valence-corrected chi connectivity index (χ0v) is 17.3. The standard InChI is InChI=1S/C24H27N5O/c1-29(20-11-18-3-4-19(12-20)27-18)23-7-6-22-21-5-2-15(17-13-25-26-14-17)10-16(21)8-9-30-24(22)28-23/h2,5-7,10,13-14,18-20,27H,3-4,8-9,11-12H2,1H3,(H,25,26). The summed E-state index contributed by atoms with van der Waals surface area (Å²) in [6.45, 7) is 0.645. The molecule has 2 aromatic heterocycles. The van der Waals surface area contributed by atoms with Crippen molar-refractivity contribution < 1.29 is 4.74 Å². The van der Waals surface area contributed by atoms with E-state index in [0.29, 0.717) is 24.7 Å². The molecule has 5 heterocycles. The smallest absolute Gasteiger partial charge is 0.223 e. The van der Waals surface area contributed by atoms with Gasteiger partial charge in [-0.3, -0.25) is 5.10 Å². The summed E-state index contributed by atoms with van der Waals surface area (Å²) in [6.07, 6.45) is 9.69. The summed E-state index contributed by atoms with van der Waals surface area (Å²) in [7, 11) is 2.19. The summed E-state index contributed by atoms with van der Waals surface area (Å²) in [5, 5.41) is 10.7. The number of nitrogens with one attached hydrogen (secondary N) is 2. The normalized spacial score (nSPS) is 24.5. The Hall–Kier alpha value is -2.86. The Balaban J connectivity index is 1.31. The zero-order chi connectivity index (χ0) is 20.1. The molecule has 2 bridgehead atoms. The fourth-order valence-corrected chi connectivity index (χ4v) is 5.38. The lowest BCUT2D eigenvalue weighted by Gasteiger charge is -2.36. The number of anilines is 1. The van der Waals surface area contributed by atoms with Gasteiger partial charge in [-0.1, -0.05) is 18.2 Å². The number of piperidine rings is 1. The minimum absolute atomic E-state index is 0.546. The van der Waals surface area contributed by atoms with Crippen molar-refractivity contribution >= 4 is 5.82 Å². The number of hydrogen-bond acceptors (Lipinski definition) is 5. The Kier molecular flexibility index (Phi) is 4.27. The van der Waals surface area contributed by atoms with Gasteiger partial charge in [-0.15, -0.1) is 0 Å². The number of benzene rings is 1. The monoisotopic (exact) mass is 401 g/mol. The Morgan fingerprint density at radius 2 is 1.87 bits per heavy atom. The molecule has 6 heteroatoms. The summed E-state index contributed by atoms with van der Waals surface area (Å²) in [4.78, 5) is 7.32. The van der Waals surface area contributed by atoms with E-state index in [1.165, 1.54) is 42.4 Å². The van der Waals surface area contributed by atoms with Crippen molar-refractivity contribution in [3.63, 3.8) is 0 Å². The van der Waals surface area contributed by atoms with Crippen LogP contribution >= 0.6 is 0 Å². The number of pyridine rings is 1. The maximum absolute atomic E-state index is 6.13. The lowest BCUT2D eigenvalue weighted by Crippen LogP contribution is -2.47. The minimum atomic E-state index is 0.546. The molecule has 3 aliphatic heterocycles. The van der Waals surface area contributed by atoms with Crippen LogP contribution in [0.2, 0.25) is 0 Å². The summed E-state index contributed by atoms with van der Waals surface area (Å²) in [5.41, 5.74) is 5.88. The molecule has 3 aromatic rings. The largest absolute Gasteiger partial charge is 0.477 e. The summed E-state index contributed by atoms with van der Waals surface area (Å²) < 4.78 is 6.13. The molecule has 30 heavy (non-hydrogen) atoms. The average Bonchev–Trinajstić information content (AvgIpc) is 3.38. The first-order chi connectivity index (χ1) is 14.7. The van der Waals surface area contributed by atoms with Gasteiger partial charge in [0.05, 0.1) is 12.8 Å². The van der Waals surface area contributed by atoms with Gasteiger partial charge in [0.1, 0.15) is 5.82 Å². The predicted molar refractivity (Wildman–Crippen MR) is 118 cm³/mol. The number of hydrogen-bond donors (Lipinski definition) is 2. The van der Waals surface area contributed by atoms with Crippen LogP contribution in [0.25, 0.3) is 22.3 Å². The van der Waals surface area contributed by atoms with E-state index in [1.807, 2.05) is 12.4 Å². The Labute approximate surface area is 176 Å². The van der Waals surface area contributed by atoms with Crippen molar-refractivity contribution in [2.45, 2.75) is 50.2 Å². The molecule has 6 nitrogen and oxygen atoms in total. The van der Waals surface area contributed by atoms with Gasteiger partial charge in [0.2, 0.25) is 5.88 Å². The van der Waals surface area contributed by atoms with Gasteiger partial charge in [0.25, 0.3) is 0 Å². The highest BCUT2D eigenvalue weighted by Crippen LogP contribution is 2.38. The second-order valence-electron chi connectivity index (χ2n) is 8.85. The number of ether oxygens (including phenoxy) is 1. The lowest BCUT2D eigenvalue weighted by molar-refractivity contribution is 0.313. The van der Waals surface area contributed by atoms with Gasteiger partial charge in [-0.05, 0) is 54.5 Å². The van der Waals surface area contributed by atoms with Crippen molar-refractivity contribution in [3.8, 4) is 28.1 Å². The van der Waals surface area contributed by atoms with E-state index in [-0.39, 0.29) is 0 Å². The summed E-state index contributed by atoms with van der Waals surface area (Å²) >= 11 is 0. The second-order valence-corrected chi connectivity index (χ2v) is 8.85. The van der Waals surface area contributed by atoms with Gasteiger partial charge < -0.3 is 15.0 Å². The Morgan fingerprint density at radius 3 is 2.67 bits per heavy atom. The van der Waals surface area contributed by atoms with Crippen molar-refractivity contribution in [2.75, 3.05) is 18.6 Å². The van der Waals surface area contributed by atoms with E-state index in [9.17, 15) is 0 Å². The van der Waals surface area contributed by atoms with Crippen molar-refractivity contribution in [1.29, 1.82) is 0 Å². The van der Waals surface area contributed by atoms with Gasteiger partial charge in [0, 0.05) is 48.9 Å². The highest BCUT2D eigenvalue weighted by molar-refractivity contribution is 5.77. The third-order valence-corrected chi connectivity index (χ3v) is 7.04. The average molecular weight is 402 g/mol. The maximum Gasteiger partial charge on any atom is 0.223 e. The SMILES string of the molecule is CN(c1ccc2c(n1)OCCc1cc(-c3cn[nH]c3)ccc1-2)C1CC2CCC(C1)N2. The van der Waals surface area contributed by atoms with Crippen LogP contribution in [-0.4, -0.2) is 47.0 Å². The van der Waals surface area contributed by atoms with Crippen LogP contribution in [0.1, 0.15) is 31.2 Å². The van der Waals surface area contributed by atoms with Gasteiger partial charge in [-0.2, -0.15) is 10.1 Å². The molecule has 2 fully saturated rings. The van der Waals surface area contributed by atoms with E-state index in [2.05, 4.69) is 57.8 Å². The molecule has 0 saturated carbocycles. The second kappa shape index (κ2) is 7.13. The van der Waals surface area contributed by atoms with Crippen LogP contribution in [0.3, 0.4) is 0 Å². The Bertz CT molecular complexity index is 1050. The van der Waals surface area contributed by atoms with Crippen LogP contribution in [0.4, 0.5) is 5.82 Å². The van der Waals surface area contributed by atoms with Crippen molar-refractivity contribution in [1.82, 2.24) is 20.5 Å². The van der Waals surface area contributed by atoms with E-state index >= 15 is 0 Å². The van der Waals surface area contributed by atoms with E-state index in [0.717, 1.165) is 29.2 Å². The number of aromatic nitrogens is 3. The number of H-pyrrole nitrogens is 1. The zero-order valence-electron chi connectivity index (χ0n) is 17.3. The molecule has 0 spiro atoms. The molecule has 2 unspecified atom stereocenters. The molecule has 1 aromatic carbocycles. The molecule has 0 radical (unpaired) electrons. The molecular formula is C24H27N5O. The number of rotatable bonds is 3. The molecule has 0 amide bonds. The fraction of sp³-hybridized carbons (Fsp3) is 0.417. The molecule has 6 rings (SSSR count). The highest BCUT2D eigenvalue weighted by atomic mass is 16.5. The third-order valence-electron chi connectivity index (χ3n) is 7.04. The highest BCUT2D eigenvalue weighted by Gasteiger charge is 2.35. The summed E-state index contributed by atoms with van der Waals surface area (Å²) in [5.74, 6) is 1.77. The van der Waals surface area contributed by atoms with Crippen LogP contribution in [0, 0.1) is 0 Å². The van der Waals surface area contributed by atoms with Crippen molar-refractivity contribution in [3.05, 3.63) is 48.3 Å². The Morgan fingerprint density at radius 1 is 1.03 bits per heavy atom. The minimum Gasteiger partial charge on any atom is -0.477 e. The topological polar surface area (TPSA) is 66.1 Å². The van der Waals surface area contributed by atoms with E-state index < -0.39 is 0 Å². The van der Waals surface area contributed by atoms with Crippen LogP contribution in [-0.2, 0) is 6.42 Å². The summed E-state index contributed by atoms with van der Waals surface area (Å²) in [6, 6.07) is 12.8. The first kappa shape index (κ1) is 18.0. The first-order valence-corrected chi connectivity index (χ1v) is 11.0. The van der Waals surface area contributed by atoms with E-state index in [4.69, 9.17) is 9.72 Å². The number of fused-ring (bicyclic) bond motifs is 5. The molecule has 2 N–H and O–H groups in total. The van der Waals surface area contributed by atoms with Crippen LogP contribution in [0.15, 0.2) is 42.7 Å². The molecule has 2 atom stereocenters. The molecule has 154 valence electrons. The molecule has 2 saturated heterocycles. The molecular weight excluding hydrogens is 374 g/mol. The van der Waals surface area contributed by atoms with Crippen LogP contribution < -0.4 is 15.0 Å². The fourth-order valence-electron chi connectivity index (χ4n) is 5.38. The van der Waals surface area contributed by atoms with E-state index in [1.54, 1.807) is 0 Å². The molecule has 0 aliphatic carbocycles. The molecule has 3 aliphatic rings. The first-order valence-electron chi connectivity index (χ1n) is 11.0. The van der Waals surface area contributed by atoms with Gasteiger partial charge in [0.15, 0.2) is 0 Å². The third kappa shape index (κ3) is 3.06. The van der Waals surface area contributed by atoms with Gasteiger partial charge >= 0.3 is 0 Å². The predicted octanol–water partition coefficient (Wildman–Crippen LogP) is 3.79. The number of aromatic amines is 1. The van der Waals surface area contributed by atoms with Gasteiger partial charge in [-0.25, -0.2) is 0 Å². The number of nitrogens with zero attached hydrogens (tertiary/aromatic N) is 3. The maximum atomic E-state index is 6.13. The quantitative estimate of drug-likeness (QED) is 0.699. The lowest BCUT2D eigenvalue weighted by atomic mass is 9.95.